The first-order valence-electron chi connectivity index (χ1n) is 6.04. The number of hydrogen-bond donors (Lipinski definition) is 2. The highest BCUT2D eigenvalue weighted by atomic mass is 35.5. The molecule has 0 aliphatic heterocycles. The number of para-hydroxylation sites is 1. The molecule has 3 aromatic rings. The molecule has 3 N–H and O–H groups in total. The number of fused-ring (bicyclic) bond motifs is 1. The molecule has 0 aliphatic carbocycles. The van der Waals surface area contributed by atoms with E-state index in [4.69, 9.17) is 17.3 Å². The van der Waals surface area contributed by atoms with E-state index in [2.05, 4.69) is 4.98 Å². The first kappa shape index (κ1) is 13.6. The number of H-pyrrole nitrogens is 1. The van der Waals surface area contributed by atoms with E-state index in [-0.39, 0.29) is 11.3 Å². The van der Waals surface area contributed by atoms with Gasteiger partial charge in [-0.25, -0.2) is 8.78 Å². The molecule has 1 aromatic heterocycles. The van der Waals surface area contributed by atoms with Crippen LogP contribution in [0.15, 0.2) is 36.5 Å². The number of nitrogens with two attached hydrogens (primary N) is 1. The Morgan fingerprint density at radius 1 is 1.19 bits per heavy atom. The van der Waals surface area contributed by atoms with Gasteiger partial charge in [0.05, 0.1) is 21.8 Å². The zero-order valence-corrected chi connectivity index (χ0v) is 11.3. The van der Waals surface area contributed by atoms with Crippen LogP contribution in [0, 0.1) is 11.6 Å². The van der Waals surface area contributed by atoms with Gasteiger partial charge in [-0.15, -0.1) is 0 Å². The van der Waals surface area contributed by atoms with Crippen LogP contribution in [-0.2, 0) is 0 Å². The molecule has 1 heterocycles. The molecule has 3 rings (SSSR count). The van der Waals surface area contributed by atoms with E-state index in [0.717, 1.165) is 12.1 Å². The van der Waals surface area contributed by atoms with Gasteiger partial charge in [-0.2, -0.15) is 0 Å². The Labute approximate surface area is 123 Å². The molecule has 3 nitrogen and oxygen atoms in total. The summed E-state index contributed by atoms with van der Waals surface area (Å²) in [7, 11) is 0. The van der Waals surface area contributed by atoms with Gasteiger partial charge in [0.2, 0.25) is 5.78 Å². The topological polar surface area (TPSA) is 58.9 Å². The second-order valence-electron chi connectivity index (χ2n) is 4.52. The Hall–Kier alpha value is -2.40. The molecular weight excluding hydrogens is 298 g/mol. The van der Waals surface area contributed by atoms with Gasteiger partial charge in [-0.3, -0.25) is 4.79 Å². The van der Waals surface area contributed by atoms with Crippen molar-refractivity contribution in [2.75, 3.05) is 5.73 Å². The number of nitrogen functional groups attached to an aromatic ring is 1. The Morgan fingerprint density at radius 3 is 2.71 bits per heavy atom. The minimum absolute atomic E-state index is 0.135. The summed E-state index contributed by atoms with van der Waals surface area (Å²) in [6.07, 6.45) is 1.38. The third-order valence-corrected chi connectivity index (χ3v) is 3.57. The van der Waals surface area contributed by atoms with Crippen LogP contribution >= 0.6 is 11.6 Å². The average molecular weight is 307 g/mol. The summed E-state index contributed by atoms with van der Waals surface area (Å²) in [4.78, 5) is 15.3. The van der Waals surface area contributed by atoms with Crippen LogP contribution in [-0.4, -0.2) is 10.8 Å². The van der Waals surface area contributed by atoms with Crippen molar-refractivity contribution in [3.8, 4) is 0 Å². The maximum Gasteiger partial charge on any atom is 0.201 e. The summed E-state index contributed by atoms with van der Waals surface area (Å²) in [6.45, 7) is 0. The smallest absolute Gasteiger partial charge is 0.201 e. The predicted molar refractivity (Wildman–Crippen MR) is 77.5 cm³/mol. The van der Waals surface area contributed by atoms with E-state index in [1.165, 1.54) is 6.20 Å². The molecule has 0 saturated carbocycles. The van der Waals surface area contributed by atoms with E-state index in [1.807, 2.05) is 0 Å². The van der Waals surface area contributed by atoms with Gasteiger partial charge < -0.3 is 10.7 Å². The van der Waals surface area contributed by atoms with Gasteiger partial charge in [-0.1, -0.05) is 23.7 Å². The van der Waals surface area contributed by atoms with Crippen molar-refractivity contribution in [2.45, 2.75) is 0 Å². The molecule has 0 bridgehead atoms. The molecule has 6 heteroatoms. The van der Waals surface area contributed by atoms with Gasteiger partial charge in [0.1, 0.15) is 5.82 Å². The molecule has 0 amide bonds. The normalized spacial score (nSPS) is 11.0. The maximum atomic E-state index is 14.0. The predicted octanol–water partition coefficient (Wildman–Crippen LogP) is 3.91. The van der Waals surface area contributed by atoms with E-state index < -0.39 is 23.0 Å². The first-order valence-corrected chi connectivity index (χ1v) is 6.42. The summed E-state index contributed by atoms with van der Waals surface area (Å²) in [5.41, 5.74) is 5.11. The van der Waals surface area contributed by atoms with Crippen molar-refractivity contribution < 1.29 is 13.6 Å². The number of rotatable bonds is 2. The highest BCUT2D eigenvalue weighted by Crippen LogP contribution is 2.29. The molecule has 21 heavy (non-hydrogen) atoms. The van der Waals surface area contributed by atoms with Crippen LogP contribution in [0.2, 0.25) is 5.02 Å². The van der Waals surface area contributed by atoms with Gasteiger partial charge in [0, 0.05) is 17.1 Å². The van der Waals surface area contributed by atoms with Crippen molar-refractivity contribution in [2.24, 2.45) is 0 Å². The van der Waals surface area contributed by atoms with E-state index >= 15 is 0 Å². The van der Waals surface area contributed by atoms with E-state index in [0.29, 0.717) is 15.9 Å². The number of hydrogen-bond acceptors (Lipinski definition) is 2. The minimum Gasteiger partial charge on any atom is -0.396 e. The van der Waals surface area contributed by atoms with E-state index in [1.54, 1.807) is 18.2 Å². The zero-order valence-electron chi connectivity index (χ0n) is 10.6. The number of benzene rings is 2. The Morgan fingerprint density at radius 2 is 1.95 bits per heavy atom. The second-order valence-corrected chi connectivity index (χ2v) is 4.93. The standard InChI is InChI=1S/C15H9ClF2N2O/c16-9-3-1-2-7-8(6-20-14(7)9)15(21)12-10(17)4-5-11(19)13(12)18/h1-6,20H,19H2. The number of carbonyl (C=O) groups excluding carboxylic acids is 1. The van der Waals surface area contributed by atoms with Crippen molar-refractivity contribution in [1.29, 1.82) is 0 Å². The highest BCUT2D eigenvalue weighted by Gasteiger charge is 2.23. The highest BCUT2D eigenvalue weighted by molar-refractivity contribution is 6.35. The lowest BCUT2D eigenvalue weighted by Crippen LogP contribution is -2.09. The molecule has 0 saturated heterocycles. The fraction of sp³-hybridized carbons (Fsp3) is 0. The number of carbonyl (C=O) groups is 1. The SMILES string of the molecule is Nc1ccc(F)c(C(=O)c2c[nH]c3c(Cl)cccc23)c1F. The monoisotopic (exact) mass is 306 g/mol. The molecule has 0 atom stereocenters. The number of nitrogens with one attached hydrogen (secondary N) is 1. The summed E-state index contributed by atoms with van der Waals surface area (Å²) in [5.74, 6) is -2.80. The van der Waals surface area contributed by atoms with Crippen LogP contribution in [0.1, 0.15) is 15.9 Å². The lowest BCUT2D eigenvalue weighted by molar-refractivity contribution is 0.103. The van der Waals surface area contributed by atoms with Crippen molar-refractivity contribution >= 4 is 34.0 Å². The average Bonchev–Trinajstić information content (AvgIpc) is 2.88. The summed E-state index contributed by atoms with van der Waals surface area (Å²) in [5, 5.41) is 0.911. The van der Waals surface area contributed by atoms with Gasteiger partial charge in [0.25, 0.3) is 0 Å². The fourth-order valence-corrected chi connectivity index (χ4v) is 2.45. The summed E-state index contributed by atoms with van der Waals surface area (Å²) >= 11 is 6.00. The Kier molecular flexibility index (Phi) is 3.14. The zero-order chi connectivity index (χ0) is 15.1. The summed E-state index contributed by atoms with van der Waals surface area (Å²) in [6, 6.07) is 6.99. The largest absolute Gasteiger partial charge is 0.396 e. The van der Waals surface area contributed by atoms with Gasteiger partial charge in [-0.05, 0) is 18.2 Å². The Balaban J connectivity index is 2.23. The van der Waals surface area contributed by atoms with Crippen molar-refractivity contribution in [1.82, 2.24) is 4.98 Å². The molecule has 0 aliphatic rings. The van der Waals surface area contributed by atoms with Crippen molar-refractivity contribution in [3.63, 3.8) is 0 Å². The number of ketones is 1. The van der Waals surface area contributed by atoms with Crippen LogP contribution < -0.4 is 5.73 Å². The fourth-order valence-electron chi connectivity index (χ4n) is 2.22. The Bertz CT molecular complexity index is 873. The van der Waals surface area contributed by atoms with Crippen molar-refractivity contribution in [3.05, 3.63) is 64.3 Å². The number of anilines is 1. The molecule has 0 radical (unpaired) electrons. The lowest BCUT2D eigenvalue weighted by atomic mass is 10.0. The first-order chi connectivity index (χ1) is 10.0. The van der Waals surface area contributed by atoms with Gasteiger partial charge in [0.15, 0.2) is 5.82 Å². The third kappa shape index (κ3) is 2.06. The number of aromatic amines is 1. The third-order valence-electron chi connectivity index (χ3n) is 3.26. The number of halogens is 3. The lowest BCUT2D eigenvalue weighted by Gasteiger charge is -2.05. The van der Waals surface area contributed by atoms with Crippen LogP contribution in [0.4, 0.5) is 14.5 Å². The van der Waals surface area contributed by atoms with Crippen LogP contribution in [0.25, 0.3) is 10.9 Å². The van der Waals surface area contributed by atoms with E-state index in [9.17, 15) is 13.6 Å². The molecule has 2 aromatic carbocycles. The maximum absolute atomic E-state index is 14.0. The molecular formula is C15H9ClF2N2O. The molecule has 0 spiro atoms. The minimum atomic E-state index is -1.06. The molecule has 0 fully saturated rings. The number of aromatic nitrogens is 1. The molecule has 106 valence electrons. The van der Waals surface area contributed by atoms with Crippen LogP contribution in [0.3, 0.4) is 0 Å². The van der Waals surface area contributed by atoms with Crippen LogP contribution in [0.5, 0.6) is 0 Å². The quantitative estimate of drug-likeness (QED) is 0.557. The second kappa shape index (κ2) is 4.86. The summed E-state index contributed by atoms with van der Waals surface area (Å²) < 4.78 is 27.8. The molecule has 0 unspecified atom stereocenters. The van der Waals surface area contributed by atoms with Gasteiger partial charge >= 0.3 is 0 Å².